The smallest absolute Gasteiger partial charge is 0.238 e. The highest BCUT2D eigenvalue weighted by Gasteiger charge is 2.07. The number of ether oxygens (including phenoxy) is 1. The number of hydrogen-bond donors (Lipinski definition) is 2. The predicted molar refractivity (Wildman–Crippen MR) is 85.8 cm³/mol. The van der Waals surface area contributed by atoms with Crippen LogP contribution in [0, 0.1) is 0 Å². The summed E-state index contributed by atoms with van der Waals surface area (Å²) in [6.07, 6.45) is 0. The van der Waals surface area contributed by atoms with Crippen molar-refractivity contribution in [3.05, 3.63) is 52.5 Å². The molecule has 0 fully saturated rings. The number of anilines is 1. The molecule has 3 N–H and O–H groups in total. The first-order chi connectivity index (χ1) is 9.90. The normalized spacial score (nSPS) is 11.2. The highest BCUT2D eigenvalue weighted by molar-refractivity contribution is 9.10. The Balaban J connectivity index is 2.10. The van der Waals surface area contributed by atoms with E-state index in [9.17, 15) is 8.42 Å². The SMILES string of the molecule is COc1ccc(Br)c(CNc2ccc(S(N)(=O)=O)cc2)c1. The Hall–Kier alpha value is -1.57. The van der Waals surface area contributed by atoms with Crippen LogP contribution < -0.4 is 15.2 Å². The van der Waals surface area contributed by atoms with Gasteiger partial charge < -0.3 is 10.1 Å². The fourth-order valence-electron chi connectivity index (χ4n) is 1.77. The first kappa shape index (κ1) is 15.8. The zero-order chi connectivity index (χ0) is 15.5. The number of benzene rings is 2. The van der Waals surface area contributed by atoms with Crippen molar-refractivity contribution in [3.63, 3.8) is 0 Å². The summed E-state index contributed by atoms with van der Waals surface area (Å²) >= 11 is 3.48. The van der Waals surface area contributed by atoms with Gasteiger partial charge in [-0.05, 0) is 48.0 Å². The lowest BCUT2D eigenvalue weighted by atomic mass is 10.2. The standard InChI is InChI=1S/C14H15BrN2O3S/c1-20-12-4-7-14(15)10(8-12)9-17-11-2-5-13(6-3-11)21(16,18)19/h2-8,17H,9H2,1H3,(H2,16,18,19). The van der Waals surface area contributed by atoms with E-state index in [0.717, 1.165) is 21.5 Å². The zero-order valence-electron chi connectivity index (χ0n) is 11.3. The van der Waals surface area contributed by atoms with Crippen LogP contribution in [0.4, 0.5) is 5.69 Å². The molecule has 0 saturated carbocycles. The molecule has 0 saturated heterocycles. The maximum atomic E-state index is 11.2. The molecule has 0 aromatic heterocycles. The van der Waals surface area contributed by atoms with Gasteiger partial charge in [-0.2, -0.15) is 0 Å². The van der Waals surface area contributed by atoms with Crippen molar-refractivity contribution in [2.75, 3.05) is 12.4 Å². The molecule has 7 heteroatoms. The Morgan fingerprint density at radius 1 is 1.19 bits per heavy atom. The molecule has 2 aromatic rings. The number of methoxy groups -OCH3 is 1. The highest BCUT2D eigenvalue weighted by Crippen LogP contribution is 2.23. The first-order valence-electron chi connectivity index (χ1n) is 6.09. The van der Waals surface area contributed by atoms with Gasteiger partial charge in [0.05, 0.1) is 12.0 Å². The third-order valence-corrected chi connectivity index (χ3v) is 4.62. The van der Waals surface area contributed by atoms with E-state index < -0.39 is 10.0 Å². The van der Waals surface area contributed by atoms with Crippen LogP contribution in [-0.2, 0) is 16.6 Å². The zero-order valence-corrected chi connectivity index (χ0v) is 13.7. The van der Waals surface area contributed by atoms with Crippen LogP contribution in [0.25, 0.3) is 0 Å². The minimum Gasteiger partial charge on any atom is -0.497 e. The van der Waals surface area contributed by atoms with E-state index in [0.29, 0.717) is 6.54 Å². The molecule has 0 amide bonds. The lowest BCUT2D eigenvalue weighted by molar-refractivity contribution is 0.414. The number of sulfonamides is 1. The highest BCUT2D eigenvalue weighted by atomic mass is 79.9. The molecule has 5 nitrogen and oxygen atoms in total. The fourth-order valence-corrected chi connectivity index (χ4v) is 2.68. The summed E-state index contributed by atoms with van der Waals surface area (Å²) in [4.78, 5) is 0.0932. The van der Waals surface area contributed by atoms with Crippen molar-refractivity contribution in [1.82, 2.24) is 0 Å². The summed E-state index contributed by atoms with van der Waals surface area (Å²) in [6.45, 7) is 0.576. The molecule has 0 aliphatic carbocycles. The molecule has 0 unspecified atom stereocenters. The fraction of sp³-hybridized carbons (Fsp3) is 0.143. The molecule has 0 atom stereocenters. The number of nitrogens with two attached hydrogens (primary N) is 1. The third-order valence-electron chi connectivity index (χ3n) is 2.92. The largest absolute Gasteiger partial charge is 0.497 e. The summed E-state index contributed by atoms with van der Waals surface area (Å²) in [5.41, 5.74) is 1.84. The van der Waals surface area contributed by atoms with Gasteiger partial charge in [0, 0.05) is 16.7 Å². The van der Waals surface area contributed by atoms with Crippen LogP contribution in [0.5, 0.6) is 5.75 Å². The van der Waals surface area contributed by atoms with Crippen LogP contribution in [0.1, 0.15) is 5.56 Å². The molecule has 0 spiro atoms. The Kier molecular flexibility index (Phi) is 4.87. The number of rotatable bonds is 5. The first-order valence-corrected chi connectivity index (χ1v) is 8.43. The molecule has 0 bridgehead atoms. The van der Waals surface area contributed by atoms with E-state index in [1.807, 2.05) is 18.2 Å². The molecule has 2 rings (SSSR count). The van der Waals surface area contributed by atoms with Crippen LogP contribution in [0.2, 0.25) is 0 Å². The summed E-state index contributed by atoms with van der Waals surface area (Å²) in [5.74, 6) is 0.777. The Morgan fingerprint density at radius 3 is 2.43 bits per heavy atom. The average Bonchev–Trinajstić information content (AvgIpc) is 2.46. The molecular formula is C14H15BrN2O3S. The van der Waals surface area contributed by atoms with Crippen molar-refractivity contribution in [2.45, 2.75) is 11.4 Å². The maximum Gasteiger partial charge on any atom is 0.238 e. The van der Waals surface area contributed by atoms with Gasteiger partial charge in [-0.1, -0.05) is 15.9 Å². The average molecular weight is 371 g/mol. The van der Waals surface area contributed by atoms with Crippen LogP contribution in [0.3, 0.4) is 0 Å². The van der Waals surface area contributed by atoms with E-state index in [1.165, 1.54) is 12.1 Å². The van der Waals surface area contributed by atoms with E-state index in [1.54, 1.807) is 19.2 Å². The van der Waals surface area contributed by atoms with Gasteiger partial charge in [-0.3, -0.25) is 0 Å². The van der Waals surface area contributed by atoms with E-state index in [-0.39, 0.29) is 4.90 Å². The van der Waals surface area contributed by atoms with E-state index in [4.69, 9.17) is 9.88 Å². The molecule has 21 heavy (non-hydrogen) atoms. The number of halogens is 1. The minimum absolute atomic E-state index is 0.0932. The van der Waals surface area contributed by atoms with Gasteiger partial charge in [0.25, 0.3) is 0 Å². The van der Waals surface area contributed by atoms with Gasteiger partial charge >= 0.3 is 0 Å². The van der Waals surface area contributed by atoms with Gasteiger partial charge in [0.15, 0.2) is 0 Å². The summed E-state index contributed by atoms with van der Waals surface area (Å²) < 4.78 is 28.5. The molecular weight excluding hydrogens is 356 g/mol. The lowest BCUT2D eigenvalue weighted by Gasteiger charge is -2.10. The number of nitrogens with one attached hydrogen (secondary N) is 1. The number of primary sulfonamides is 1. The molecule has 112 valence electrons. The topological polar surface area (TPSA) is 81.4 Å². The van der Waals surface area contributed by atoms with Gasteiger partial charge in [-0.15, -0.1) is 0 Å². The van der Waals surface area contributed by atoms with Crippen LogP contribution in [0.15, 0.2) is 51.8 Å². The van der Waals surface area contributed by atoms with Gasteiger partial charge in [0.2, 0.25) is 10.0 Å². The molecule has 0 radical (unpaired) electrons. The third kappa shape index (κ3) is 4.20. The Labute approximate surface area is 132 Å². The maximum absolute atomic E-state index is 11.2. The second kappa shape index (κ2) is 6.46. The summed E-state index contributed by atoms with van der Waals surface area (Å²) in [6, 6.07) is 12.0. The summed E-state index contributed by atoms with van der Waals surface area (Å²) in [5, 5.41) is 8.27. The van der Waals surface area contributed by atoms with Crippen molar-refractivity contribution < 1.29 is 13.2 Å². The van der Waals surface area contributed by atoms with E-state index in [2.05, 4.69) is 21.2 Å². The van der Waals surface area contributed by atoms with Gasteiger partial charge in [-0.25, -0.2) is 13.6 Å². The van der Waals surface area contributed by atoms with Crippen molar-refractivity contribution >= 4 is 31.6 Å². The molecule has 0 aliphatic heterocycles. The second-order valence-corrected chi connectivity index (χ2v) is 6.80. The minimum atomic E-state index is -3.65. The molecule has 0 aliphatic rings. The number of hydrogen-bond acceptors (Lipinski definition) is 4. The predicted octanol–water partition coefficient (Wildman–Crippen LogP) is 2.72. The summed E-state index contributed by atoms with van der Waals surface area (Å²) in [7, 11) is -2.04. The van der Waals surface area contributed by atoms with Gasteiger partial charge in [0.1, 0.15) is 5.75 Å². The Morgan fingerprint density at radius 2 is 1.86 bits per heavy atom. The monoisotopic (exact) mass is 370 g/mol. The van der Waals surface area contributed by atoms with E-state index >= 15 is 0 Å². The van der Waals surface area contributed by atoms with Crippen molar-refractivity contribution in [1.29, 1.82) is 0 Å². The van der Waals surface area contributed by atoms with Crippen LogP contribution >= 0.6 is 15.9 Å². The quantitative estimate of drug-likeness (QED) is 0.847. The Bertz CT molecular complexity index is 730. The van der Waals surface area contributed by atoms with Crippen molar-refractivity contribution in [2.24, 2.45) is 5.14 Å². The lowest BCUT2D eigenvalue weighted by Crippen LogP contribution is -2.12. The molecule has 2 aromatic carbocycles. The van der Waals surface area contributed by atoms with Crippen molar-refractivity contribution in [3.8, 4) is 5.75 Å². The molecule has 0 heterocycles. The van der Waals surface area contributed by atoms with Crippen LogP contribution in [-0.4, -0.2) is 15.5 Å². The second-order valence-electron chi connectivity index (χ2n) is 4.38.